The van der Waals surface area contributed by atoms with Crippen LogP contribution in [0.2, 0.25) is 0 Å². The Balaban J connectivity index is 2.46. The van der Waals surface area contributed by atoms with Gasteiger partial charge in [-0.15, -0.1) is 0 Å². The average molecular weight is 206 g/mol. The number of methoxy groups -OCH3 is 2. The molecule has 1 N–H and O–H groups in total. The number of hydrogen-bond donors (Lipinski definition) is 1. The minimum Gasteiger partial charge on any atom is -0.497 e. The lowest BCUT2D eigenvalue weighted by molar-refractivity contribution is 0.113. The molecule has 0 aliphatic carbocycles. The van der Waals surface area contributed by atoms with Gasteiger partial charge in [0.15, 0.2) is 0 Å². The van der Waals surface area contributed by atoms with Crippen LogP contribution in [0.4, 0.5) is 0 Å². The molecule has 0 bridgehead atoms. The van der Waals surface area contributed by atoms with Gasteiger partial charge in [-0.1, -0.05) is 0 Å². The standard InChI is InChI=1S/C11H14N2O2/c1-7(14-2)11-12-9-5-4-8(15-3)6-10(9)13-11/h4-7H,1-3H3,(H,12,13). The summed E-state index contributed by atoms with van der Waals surface area (Å²) in [6.45, 7) is 1.95. The molecule has 0 radical (unpaired) electrons. The summed E-state index contributed by atoms with van der Waals surface area (Å²) in [7, 11) is 3.31. The number of benzene rings is 1. The minimum absolute atomic E-state index is 0.0246. The van der Waals surface area contributed by atoms with Crippen molar-refractivity contribution < 1.29 is 9.47 Å². The summed E-state index contributed by atoms with van der Waals surface area (Å²) < 4.78 is 10.3. The first-order valence-electron chi connectivity index (χ1n) is 4.81. The Morgan fingerprint density at radius 2 is 2.13 bits per heavy atom. The summed E-state index contributed by atoms with van der Waals surface area (Å²) in [5.41, 5.74) is 1.89. The molecule has 0 saturated carbocycles. The molecule has 80 valence electrons. The molecule has 4 nitrogen and oxygen atoms in total. The Kier molecular flexibility index (Phi) is 2.60. The molecule has 2 rings (SSSR count). The summed E-state index contributed by atoms with van der Waals surface area (Å²) in [5.74, 6) is 1.66. The second-order valence-corrected chi connectivity index (χ2v) is 3.38. The maximum Gasteiger partial charge on any atom is 0.136 e. The minimum atomic E-state index is -0.0246. The van der Waals surface area contributed by atoms with Crippen LogP contribution in [0.1, 0.15) is 18.9 Å². The van der Waals surface area contributed by atoms with Gasteiger partial charge in [0.05, 0.1) is 18.1 Å². The quantitative estimate of drug-likeness (QED) is 0.838. The molecule has 0 amide bonds. The lowest BCUT2D eigenvalue weighted by Crippen LogP contribution is -1.97. The number of hydrogen-bond acceptors (Lipinski definition) is 3. The van der Waals surface area contributed by atoms with E-state index in [1.165, 1.54) is 0 Å². The van der Waals surface area contributed by atoms with Gasteiger partial charge in [-0.25, -0.2) is 4.98 Å². The first-order valence-corrected chi connectivity index (χ1v) is 4.81. The number of aromatic nitrogens is 2. The Morgan fingerprint density at radius 1 is 1.33 bits per heavy atom. The molecule has 0 spiro atoms. The van der Waals surface area contributed by atoms with Gasteiger partial charge in [0.25, 0.3) is 0 Å². The molecule has 1 atom stereocenters. The number of H-pyrrole nitrogens is 1. The van der Waals surface area contributed by atoms with Crippen LogP contribution < -0.4 is 4.74 Å². The molecule has 1 unspecified atom stereocenters. The predicted octanol–water partition coefficient (Wildman–Crippen LogP) is 2.28. The van der Waals surface area contributed by atoms with Crippen molar-refractivity contribution in [3.05, 3.63) is 24.0 Å². The summed E-state index contributed by atoms with van der Waals surface area (Å²) in [5, 5.41) is 0. The zero-order valence-electron chi connectivity index (χ0n) is 9.07. The highest BCUT2D eigenvalue weighted by atomic mass is 16.5. The van der Waals surface area contributed by atoms with Crippen molar-refractivity contribution >= 4 is 11.0 Å². The largest absolute Gasteiger partial charge is 0.497 e. The van der Waals surface area contributed by atoms with E-state index < -0.39 is 0 Å². The molecule has 15 heavy (non-hydrogen) atoms. The number of nitrogens with zero attached hydrogens (tertiary/aromatic N) is 1. The van der Waals surface area contributed by atoms with Gasteiger partial charge in [-0.3, -0.25) is 0 Å². The normalized spacial score (nSPS) is 13.0. The van der Waals surface area contributed by atoms with Crippen LogP contribution in [-0.4, -0.2) is 24.2 Å². The number of rotatable bonds is 3. The zero-order valence-corrected chi connectivity index (χ0v) is 9.07. The van der Waals surface area contributed by atoms with Crippen molar-refractivity contribution in [3.63, 3.8) is 0 Å². The van der Waals surface area contributed by atoms with E-state index in [4.69, 9.17) is 9.47 Å². The third-order valence-corrected chi connectivity index (χ3v) is 2.45. The lowest BCUT2D eigenvalue weighted by atomic mass is 10.3. The maximum absolute atomic E-state index is 5.20. The second-order valence-electron chi connectivity index (χ2n) is 3.38. The van der Waals surface area contributed by atoms with E-state index in [-0.39, 0.29) is 6.10 Å². The first-order chi connectivity index (χ1) is 7.24. The summed E-state index contributed by atoms with van der Waals surface area (Å²) in [6, 6.07) is 5.75. The summed E-state index contributed by atoms with van der Waals surface area (Å²) in [4.78, 5) is 7.63. The number of nitrogens with one attached hydrogen (secondary N) is 1. The van der Waals surface area contributed by atoms with Crippen LogP contribution in [0.25, 0.3) is 11.0 Å². The number of aromatic amines is 1. The van der Waals surface area contributed by atoms with Crippen molar-refractivity contribution in [1.82, 2.24) is 9.97 Å². The van der Waals surface area contributed by atoms with Crippen LogP contribution in [0.3, 0.4) is 0 Å². The third kappa shape index (κ3) is 1.80. The van der Waals surface area contributed by atoms with Crippen molar-refractivity contribution in [1.29, 1.82) is 0 Å². The predicted molar refractivity (Wildman–Crippen MR) is 58.1 cm³/mol. The summed E-state index contributed by atoms with van der Waals surface area (Å²) in [6.07, 6.45) is -0.0246. The second kappa shape index (κ2) is 3.90. The van der Waals surface area contributed by atoms with Crippen LogP contribution in [-0.2, 0) is 4.74 Å². The zero-order chi connectivity index (χ0) is 10.8. The first kappa shape index (κ1) is 9.98. The van der Waals surface area contributed by atoms with Crippen LogP contribution in [0.5, 0.6) is 5.75 Å². The van der Waals surface area contributed by atoms with Gasteiger partial charge in [0, 0.05) is 13.2 Å². The van der Waals surface area contributed by atoms with Gasteiger partial charge in [-0.2, -0.15) is 0 Å². The SMILES string of the molecule is COc1ccc2nc(C(C)OC)[nH]c2c1. The fraction of sp³-hybridized carbons (Fsp3) is 0.364. The third-order valence-electron chi connectivity index (χ3n) is 2.45. The highest BCUT2D eigenvalue weighted by Gasteiger charge is 2.09. The van der Waals surface area contributed by atoms with E-state index in [2.05, 4.69) is 9.97 Å². The van der Waals surface area contributed by atoms with Crippen LogP contribution in [0, 0.1) is 0 Å². The Labute approximate surface area is 88.2 Å². The van der Waals surface area contributed by atoms with Crippen molar-refractivity contribution in [3.8, 4) is 5.75 Å². The Morgan fingerprint density at radius 3 is 2.80 bits per heavy atom. The van der Waals surface area contributed by atoms with Crippen molar-refractivity contribution in [2.75, 3.05) is 14.2 Å². The molecule has 1 aromatic carbocycles. The van der Waals surface area contributed by atoms with Gasteiger partial charge < -0.3 is 14.5 Å². The van der Waals surface area contributed by atoms with Gasteiger partial charge in [-0.05, 0) is 19.1 Å². The molecular weight excluding hydrogens is 192 g/mol. The number of fused-ring (bicyclic) bond motifs is 1. The van der Waals surface area contributed by atoms with E-state index in [9.17, 15) is 0 Å². The lowest BCUT2D eigenvalue weighted by Gasteiger charge is -2.03. The smallest absolute Gasteiger partial charge is 0.136 e. The van der Waals surface area contributed by atoms with Gasteiger partial charge in [0.1, 0.15) is 17.7 Å². The van der Waals surface area contributed by atoms with E-state index in [0.717, 1.165) is 22.6 Å². The number of imidazole rings is 1. The summed E-state index contributed by atoms with van der Waals surface area (Å²) >= 11 is 0. The molecular formula is C11H14N2O2. The highest BCUT2D eigenvalue weighted by Crippen LogP contribution is 2.21. The van der Waals surface area contributed by atoms with Gasteiger partial charge in [0.2, 0.25) is 0 Å². The molecule has 4 heteroatoms. The maximum atomic E-state index is 5.20. The molecule has 1 aromatic heterocycles. The molecule has 0 aliphatic heterocycles. The van der Waals surface area contributed by atoms with E-state index in [0.29, 0.717) is 0 Å². The van der Waals surface area contributed by atoms with E-state index >= 15 is 0 Å². The topological polar surface area (TPSA) is 47.1 Å². The average Bonchev–Trinajstić information content (AvgIpc) is 2.70. The molecule has 0 fully saturated rings. The van der Waals surface area contributed by atoms with Gasteiger partial charge >= 0.3 is 0 Å². The van der Waals surface area contributed by atoms with Crippen molar-refractivity contribution in [2.45, 2.75) is 13.0 Å². The molecule has 0 saturated heterocycles. The highest BCUT2D eigenvalue weighted by molar-refractivity contribution is 5.76. The molecule has 2 aromatic rings. The fourth-order valence-electron chi connectivity index (χ4n) is 1.44. The monoisotopic (exact) mass is 206 g/mol. The Hall–Kier alpha value is -1.55. The van der Waals surface area contributed by atoms with E-state index in [1.54, 1.807) is 14.2 Å². The van der Waals surface area contributed by atoms with Crippen LogP contribution in [0.15, 0.2) is 18.2 Å². The van der Waals surface area contributed by atoms with Crippen molar-refractivity contribution in [2.24, 2.45) is 0 Å². The fourth-order valence-corrected chi connectivity index (χ4v) is 1.44. The molecule has 0 aliphatic rings. The molecule has 1 heterocycles. The number of ether oxygens (including phenoxy) is 2. The van der Waals surface area contributed by atoms with Crippen LogP contribution >= 0.6 is 0 Å². The van der Waals surface area contributed by atoms with E-state index in [1.807, 2.05) is 25.1 Å². The Bertz CT molecular complexity index is 465.